The number of hydrogen-bond donors (Lipinski definition) is 1. The molecule has 1 N–H and O–H groups in total. The lowest BCUT2D eigenvalue weighted by Gasteiger charge is -2.22. The Morgan fingerprint density at radius 3 is 2.61 bits per heavy atom. The van der Waals surface area contributed by atoms with Crippen molar-refractivity contribution in [3.63, 3.8) is 0 Å². The number of esters is 1. The van der Waals surface area contributed by atoms with E-state index in [1.807, 2.05) is 0 Å². The monoisotopic (exact) mass is 405 g/mol. The van der Waals surface area contributed by atoms with E-state index in [4.69, 9.17) is 16.3 Å². The molecule has 0 heterocycles. The van der Waals surface area contributed by atoms with Gasteiger partial charge in [-0.1, -0.05) is 42.0 Å². The van der Waals surface area contributed by atoms with E-state index in [2.05, 4.69) is 5.32 Å². The predicted octanol–water partition coefficient (Wildman–Crippen LogP) is 4.25. The van der Waals surface area contributed by atoms with Crippen molar-refractivity contribution in [1.82, 2.24) is 5.32 Å². The van der Waals surface area contributed by atoms with E-state index in [1.165, 1.54) is 31.4 Å². The standard InChI is InChI=1S/C21H18ClF2NO3/c1-28-21(27)19(15-4-2-3-5-17(15)23)12-6-8-14(10-12)25-20(26)16-11-13(22)7-9-18(16)24/h2-9,11-12,14,19H,10H2,1H3,(H,25,26). The van der Waals surface area contributed by atoms with Crippen LogP contribution in [0.5, 0.6) is 0 Å². The van der Waals surface area contributed by atoms with E-state index in [0.717, 1.165) is 6.07 Å². The molecule has 4 nitrogen and oxygen atoms in total. The molecule has 3 rings (SSSR count). The summed E-state index contributed by atoms with van der Waals surface area (Å²) >= 11 is 5.83. The van der Waals surface area contributed by atoms with Gasteiger partial charge in [0.15, 0.2) is 0 Å². The number of ether oxygens (including phenoxy) is 1. The van der Waals surface area contributed by atoms with Gasteiger partial charge in [-0.15, -0.1) is 0 Å². The number of halogens is 3. The van der Waals surface area contributed by atoms with Crippen LogP contribution in [0.1, 0.15) is 28.3 Å². The van der Waals surface area contributed by atoms with Crippen LogP contribution in [0.2, 0.25) is 5.02 Å². The summed E-state index contributed by atoms with van der Waals surface area (Å²) in [7, 11) is 1.25. The number of carbonyl (C=O) groups excluding carboxylic acids is 2. The number of hydrogen-bond acceptors (Lipinski definition) is 3. The molecule has 0 fully saturated rings. The molecule has 0 aromatic heterocycles. The van der Waals surface area contributed by atoms with Gasteiger partial charge in [-0.2, -0.15) is 0 Å². The highest BCUT2D eigenvalue weighted by atomic mass is 35.5. The summed E-state index contributed by atoms with van der Waals surface area (Å²) < 4.78 is 33.0. The fourth-order valence-electron chi connectivity index (χ4n) is 3.39. The number of benzene rings is 2. The molecule has 0 saturated heterocycles. The molecule has 28 heavy (non-hydrogen) atoms. The minimum Gasteiger partial charge on any atom is -0.469 e. The third kappa shape index (κ3) is 4.22. The maximum Gasteiger partial charge on any atom is 0.313 e. The average Bonchev–Trinajstić information content (AvgIpc) is 3.13. The first kappa shape index (κ1) is 20.0. The molecule has 1 aliphatic carbocycles. The van der Waals surface area contributed by atoms with Crippen molar-refractivity contribution in [2.24, 2.45) is 5.92 Å². The first-order valence-corrected chi connectivity index (χ1v) is 9.05. The molecule has 3 unspecified atom stereocenters. The number of amides is 1. The summed E-state index contributed by atoms with van der Waals surface area (Å²) in [6, 6.07) is 9.30. The topological polar surface area (TPSA) is 55.4 Å². The van der Waals surface area contributed by atoms with E-state index in [9.17, 15) is 18.4 Å². The molecule has 7 heteroatoms. The molecule has 0 spiro atoms. The zero-order valence-corrected chi connectivity index (χ0v) is 15.7. The molecule has 0 saturated carbocycles. The van der Waals surface area contributed by atoms with Crippen LogP contribution in [0.3, 0.4) is 0 Å². The van der Waals surface area contributed by atoms with E-state index >= 15 is 0 Å². The summed E-state index contributed by atoms with van der Waals surface area (Å²) in [4.78, 5) is 24.7. The van der Waals surface area contributed by atoms with Gasteiger partial charge in [0, 0.05) is 16.6 Å². The number of methoxy groups -OCH3 is 1. The SMILES string of the molecule is COC(=O)C(c1ccccc1F)C1C=CC(NC(=O)c2cc(Cl)ccc2F)C1. The van der Waals surface area contributed by atoms with Crippen molar-refractivity contribution in [2.75, 3.05) is 7.11 Å². The van der Waals surface area contributed by atoms with Gasteiger partial charge in [0.05, 0.1) is 18.6 Å². The second kappa shape index (κ2) is 8.52. The molecular formula is C21H18ClF2NO3. The first-order valence-electron chi connectivity index (χ1n) is 8.67. The molecule has 0 bridgehead atoms. The largest absolute Gasteiger partial charge is 0.469 e. The maximum absolute atomic E-state index is 14.2. The summed E-state index contributed by atoms with van der Waals surface area (Å²) in [6.45, 7) is 0. The van der Waals surface area contributed by atoms with Gasteiger partial charge in [0.1, 0.15) is 11.6 Å². The average molecular weight is 406 g/mol. The van der Waals surface area contributed by atoms with E-state index < -0.39 is 35.5 Å². The molecule has 1 amide bonds. The Kier molecular flexibility index (Phi) is 6.09. The van der Waals surface area contributed by atoms with Crippen molar-refractivity contribution in [2.45, 2.75) is 18.4 Å². The van der Waals surface area contributed by atoms with Crippen LogP contribution in [0, 0.1) is 17.6 Å². The summed E-state index contributed by atoms with van der Waals surface area (Å²) in [5, 5.41) is 2.95. The smallest absolute Gasteiger partial charge is 0.313 e. The second-order valence-corrected chi connectivity index (χ2v) is 6.95. The molecule has 2 aromatic carbocycles. The quantitative estimate of drug-likeness (QED) is 0.597. The Morgan fingerprint density at radius 2 is 1.89 bits per heavy atom. The second-order valence-electron chi connectivity index (χ2n) is 6.51. The van der Waals surface area contributed by atoms with Crippen molar-refractivity contribution < 1.29 is 23.1 Å². The Morgan fingerprint density at radius 1 is 1.14 bits per heavy atom. The van der Waals surface area contributed by atoms with E-state index in [0.29, 0.717) is 6.42 Å². The molecule has 2 aromatic rings. The maximum atomic E-state index is 14.2. The molecule has 0 radical (unpaired) electrons. The van der Waals surface area contributed by atoms with Crippen LogP contribution < -0.4 is 5.32 Å². The highest BCUT2D eigenvalue weighted by Gasteiger charge is 2.35. The predicted molar refractivity (Wildman–Crippen MR) is 101 cm³/mol. The number of nitrogens with one attached hydrogen (secondary N) is 1. The minimum atomic E-state index is -0.841. The Balaban J connectivity index is 1.75. The summed E-state index contributed by atoms with van der Waals surface area (Å²) in [5.74, 6) is -3.58. The van der Waals surface area contributed by atoms with Crippen LogP contribution in [-0.2, 0) is 9.53 Å². The zero-order valence-electron chi connectivity index (χ0n) is 15.0. The van der Waals surface area contributed by atoms with Crippen LogP contribution in [-0.4, -0.2) is 25.0 Å². The molecular weight excluding hydrogens is 388 g/mol. The molecule has 146 valence electrons. The van der Waals surface area contributed by atoms with Gasteiger partial charge < -0.3 is 10.1 Å². The highest BCUT2D eigenvalue weighted by Crippen LogP contribution is 2.35. The van der Waals surface area contributed by atoms with Crippen molar-refractivity contribution in [3.05, 3.63) is 82.4 Å². The lowest BCUT2D eigenvalue weighted by molar-refractivity contribution is -0.143. The Hall–Kier alpha value is -2.73. The fraction of sp³-hybridized carbons (Fsp3) is 0.238. The highest BCUT2D eigenvalue weighted by molar-refractivity contribution is 6.31. The van der Waals surface area contributed by atoms with E-state index in [-0.39, 0.29) is 22.1 Å². The van der Waals surface area contributed by atoms with Crippen molar-refractivity contribution in [3.8, 4) is 0 Å². The lowest BCUT2D eigenvalue weighted by Crippen LogP contribution is -2.34. The Bertz CT molecular complexity index is 932. The van der Waals surface area contributed by atoms with Crippen LogP contribution in [0.4, 0.5) is 8.78 Å². The first-order chi connectivity index (χ1) is 13.4. The van der Waals surface area contributed by atoms with Gasteiger partial charge in [-0.3, -0.25) is 9.59 Å². The zero-order chi connectivity index (χ0) is 20.3. The third-order valence-corrected chi connectivity index (χ3v) is 4.96. The fourth-order valence-corrected chi connectivity index (χ4v) is 3.56. The Labute approximate surface area is 166 Å². The van der Waals surface area contributed by atoms with Gasteiger partial charge in [-0.05, 0) is 36.6 Å². The summed E-state index contributed by atoms with van der Waals surface area (Å²) in [6.07, 6.45) is 3.80. The lowest BCUT2D eigenvalue weighted by atomic mass is 9.85. The van der Waals surface area contributed by atoms with Gasteiger partial charge in [0.25, 0.3) is 5.91 Å². The van der Waals surface area contributed by atoms with E-state index in [1.54, 1.807) is 24.3 Å². The normalized spacial score (nSPS) is 19.3. The molecule has 3 atom stereocenters. The van der Waals surface area contributed by atoms with Crippen molar-refractivity contribution >= 4 is 23.5 Å². The third-order valence-electron chi connectivity index (χ3n) is 4.73. The van der Waals surface area contributed by atoms with Crippen molar-refractivity contribution in [1.29, 1.82) is 0 Å². The molecule has 1 aliphatic rings. The molecule has 0 aliphatic heterocycles. The number of carbonyl (C=O) groups is 2. The summed E-state index contributed by atoms with van der Waals surface area (Å²) in [5.41, 5.74) is 0.0693. The van der Waals surface area contributed by atoms with Crippen LogP contribution in [0.15, 0.2) is 54.6 Å². The minimum absolute atomic E-state index is 0.164. The number of allylic oxidation sites excluding steroid dienone is 1. The number of rotatable bonds is 5. The van der Waals surface area contributed by atoms with Crippen LogP contribution in [0.25, 0.3) is 0 Å². The van der Waals surface area contributed by atoms with Gasteiger partial charge in [0.2, 0.25) is 0 Å². The van der Waals surface area contributed by atoms with Gasteiger partial charge >= 0.3 is 5.97 Å². The van der Waals surface area contributed by atoms with Crippen LogP contribution >= 0.6 is 11.6 Å². The van der Waals surface area contributed by atoms with Gasteiger partial charge in [-0.25, -0.2) is 8.78 Å².